The number of piperazine rings is 1. The summed E-state index contributed by atoms with van der Waals surface area (Å²) in [5.41, 5.74) is 2.28. The van der Waals surface area contributed by atoms with Gasteiger partial charge in [0.05, 0.1) is 6.54 Å². The minimum atomic E-state index is -0.348. The van der Waals surface area contributed by atoms with Crippen LogP contribution in [0.1, 0.15) is 10.4 Å². The van der Waals surface area contributed by atoms with Crippen LogP contribution in [0.5, 0.6) is 0 Å². The number of H-pyrrole nitrogens is 1. The van der Waals surface area contributed by atoms with Crippen LogP contribution in [0.3, 0.4) is 0 Å². The van der Waals surface area contributed by atoms with Gasteiger partial charge in [-0.05, 0) is 42.5 Å². The van der Waals surface area contributed by atoms with Gasteiger partial charge in [-0.1, -0.05) is 0 Å². The highest BCUT2D eigenvalue weighted by atomic mass is 19.1. The second-order valence-electron chi connectivity index (χ2n) is 6.56. The molecule has 4 rings (SSSR count). The van der Waals surface area contributed by atoms with Crippen LogP contribution in [0.4, 0.5) is 14.5 Å². The summed E-state index contributed by atoms with van der Waals surface area (Å²) in [5, 5.41) is 0.625. The molecule has 0 bridgehead atoms. The number of nitrogens with one attached hydrogen (secondary N) is 1. The topological polar surface area (TPSA) is 39.3 Å². The van der Waals surface area contributed by atoms with Gasteiger partial charge in [-0.3, -0.25) is 9.69 Å². The van der Waals surface area contributed by atoms with Crippen molar-refractivity contribution in [1.29, 1.82) is 0 Å². The molecular weight excluding hydrogens is 336 g/mol. The number of halogens is 2. The molecule has 1 aliphatic heterocycles. The molecule has 1 aromatic heterocycles. The van der Waals surface area contributed by atoms with Crippen LogP contribution in [-0.4, -0.2) is 48.4 Å². The number of hydrogen-bond donors (Lipinski definition) is 1. The highest BCUT2D eigenvalue weighted by Gasteiger charge is 2.21. The highest BCUT2D eigenvalue weighted by molar-refractivity contribution is 6.08. The van der Waals surface area contributed by atoms with Crippen LogP contribution >= 0.6 is 0 Å². The molecule has 0 spiro atoms. The molecule has 1 aliphatic rings. The number of aromatic amines is 1. The standard InChI is InChI=1S/C20H19F2N3O/c21-14-1-4-16(5-2-14)25-9-7-24(8-10-25)13-20(26)18-12-23-19-6-3-15(22)11-17(18)19/h1-6,11-12,23H,7-10,13H2. The maximum absolute atomic E-state index is 13.5. The molecule has 26 heavy (non-hydrogen) atoms. The monoisotopic (exact) mass is 355 g/mol. The summed E-state index contributed by atoms with van der Waals surface area (Å²) in [5.74, 6) is -0.607. The molecule has 0 amide bonds. The maximum Gasteiger partial charge on any atom is 0.178 e. The van der Waals surface area contributed by atoms with Gasteiger partial charge in [0, 0.05) is 54.5 Å². The van der Waals surface area contributed by atoms with Gasteiger partial charge in [0.2, 0.25) is 0 Å². The SMILES string of the molecule is O=C(CN1CCN(c2ccc(F)cc2)CC1)c1c[nH]c2ccc(F)cc12. The Hall–Kier alpha value is -2.73. The van der Waals surface area contributed by atoms with Crippen molar-refractivity contribution in [3.05, 3.63) is 65.9 Å². The molecule has 0 radical (unpaired) electrons. The molecule has 2 heterocycles. The van der Waals surface area contributed by atoms with Crippen molar-refractivity contribution in [2.75, 3.05) is 37.6 Å². The van der Waals surface area contributed by atoms with Crippen molar-refractivity contribution in [2.24, 2.45) is 0 Å². The Balaban J connectivity index is 1.40. The fourth-order valence-electron chi connectivity index (χ4n) is 3.43. The Morgan fingerprint density at radius 3 is 2.38 bits per heavy atom. The van der Waals surface area contributed by atoms with E-state index in [0.29, 0.717) is 17.5 Å². The molecule has 0 unspecified atom stereocenters. The number of carbonyl (C=O) groups excluding carboxylic acids is 1. The largest absolute Gasteiger partial charge is 0.369 e. The molecule has 0 aliphatic carbocycles. The smallest absolute Gasteiger partial charge is 0.178 e. The maximum atomic E-state index is 13.5. The number of ketones is 1. The van der Waals surface area contributed by atoms with Crippen molar-refractivity contribution in [2.45, 2.75) is 0 Å². The number of hydrogen-bond acceptors (Lipinski definition) is 3. The van der Waals surface area contributed by atoms with E-state index >= 15 is 0 Å². The van der Waals surface area contributed by atoms with E-state index in [1.54, 1.807) is 24.4 Å². The van der Waals surface area contributed by atoms with Crippen molar-refractivity contribution in [3.8, 4) is 0 Å². The number of fused-ring (bicyclic) bond motifs is 1. The Bertz CT molecular complexity index is 928. The number of anilines is 1. The zero-order valence-corrected chi connectivity index (χ0v) is 14.2. The first kappa shape index (κ1) is 16.7. The molecule has 6 heteroatoms. The first-order valence-corrected chi connectivity index (χ1v) is 8.63. The van der Waals surface area contributed by atoms with E-state index in [-0.39, 0.29) is 17.4 Å². The lowest BCUT2D eigenvalue weighted by Gasteiger charge is -2.35. The molecule has 1 saturated heterocycles. The number of rotatable bonds is 4. The third kappa shape index (κ3) is 3.32. The van der Waals surface area contributed by atoms with Gasteiger partial charge in [0.1, 0.15) is 11.6 Å². The Labute approximate surface area is 150 Å². The third-order valence-electron chi connectivity index (χ3n) is 4.88. The fraction of sp³-hybridized carbons (Fsp3) is 0.250. The third-order valence-corrected chi connectivity index (χ3v) is 4.88. The first-order valence-electron chi connectivity index (χ1n) is 8.63. The Morgan fingerprint density at radius 1 is 0.962 bits per heavy atom. The summed E-state index contributed by atoms with van der Waals surface area (Å²) in [7, 11) is 0. The average molecular weight is 355 g/mol. The van der Waals surface area contributed by atoms with E-state index in [9.17, 15) is 13.6 Å². The van der Waals surface area contributed by atoms with Gasteiger partial charge in [-0.15, -0.1) is 0 Å². The lowest BCUT2D eigenvalue weighted by Crippen LogP contribution is -2.48. The van der Waals surface area contributed by atoms with Gasteiger partial charge >= 0.3 is 0 Å². The quantitative estimate of drug-likeness (QED) is 0.729. The Kier molecular flexibility index (Phi) is 4.42. The molecule has 1 N–H and O–H groups in total. The minimum Gasteiger partial charge on any atom is -0.369 e. The van der Waals surface area contributed by atoms with Crippen molar-refractivity contribution in [1.82, 2.24) is 9.88 Å². The molecule has 0 saturated carbocycles. The Morgan fingerprint density at radius 2 is 1.65 bits per heavy atom. The molecule has 4 nitrogen and oxygen atoms in total. The second-order valence-corrected chi connectivity index (χ2v) is 6.56. The van der Waals surface area contributed by atoms with Gasteiger partial charge in [0.15, 0.2) is 5.78 Å². The van der Waals surface area contributed by atoms with Gasteiger partial charge in [-0.2, -0.15) is 0 Å². The van der Waals surface area contributed by atoms with Crippen molar-refractivity contribution >= 4 is 22.4 Å². The first-order chi connectivity index (χ1) is 12.6. The summed E-state index contributed by atoms with van der Waals surface area (Å²) < 4.78 is 26.5. The highest BCUT2D eigenvalue weighted by Crippen LogP contribution is 2.21. The van der Waals surface area contributed by atoms with E-state index in [4.69, 9.17) is 0 Å². The summed E-state index contributed by atoms with van der Waals surface area (Å²) in [4.78, 5) is 20.0. The normalized spacial score (nSPS) is 15.5. The number of carbonyl (C=O) groups is 1. The number of aromatic nitrogens is 1. The summed E-state index contributed by atoms with van der Waals surface area (Å²) in [6.07, 6.45) is 1.65. The number of nitrogens with zero attached hydrogens (tertiary/aromatic N) is 2. The summed E-state index contributed by atoms with van der Waals surface area (Å²) in [6, 6.07) is 10.9. The van der Waals surface area contributed by atoms with Crippen LogP contribution in [0.15, 0.2) is 48.7 Å². The minimum absolute atomic E-state index is 0.0166. The molecule has 134 valence electrons. The van der Waals surface area contributed by atoms with E-state index in [1.807, 2.05) is 0 Å². The number of benzene rings is 2. The second kappa shape index (κ2) is 6.88. The van der Waals surface area contributed by atoms with E-state index in [2.05, 4.69) is 14.8 Å². The van der Waals surface area contributed by atoms with E-state index < -0.39 is 0 Å². The van der Waals surface area contributed by atoms with Crippen molar-refractivity contribution < 1.29 is 13.6 Å². The molecule has 0 atom stereocenters. The summed E-state index contributed by atoms with van der Waals surface area (Å²) in [6.45, 7) is 3.36. The average Bonchev–Trinajstić information content (AvgIpc) is 3.06. The van der Waals surface area contributed by atoms with Crippen LogP contribution < -0.4 is 4.90 Å². The summed E-state index contributed by atoms with van der Waals surface area (Å²) >= 11 is 0. The van der Waals surface area contributed by atoms with E-state index in [1.165, 1.54) is 24.3 Å². The van der Waals surface area contributed by atoms with Gasteiger partial charge < -0.3 is 9.88 Å². The van der Waals surface area contributed by atoms with Crippen LogP contribution in [-0.2, 0) is 0 Å². The van der Waals surface area contributed by atoms with Crippen LogP contribution in [0.25, 0.3) is 10.9 Å². The predicted molar refractivity (Wildman–Crippen MR) is 97.6 cm³/mol. The van der Waals surface area contributed by atoms with Crippen LogP contribution in [0.2, 0.25) is 0 Å². The van der Waals surface area contributed by atoms with Crippen molar-refractivity contribution in [3.63, 3.8) is 0 Å². The van der Waals surface area contributed by atoms with Gasteiger partial charge in [0.25, 0.3) is 0 Å². The zero-order chi connectivity index (χ0) is 18.1. The lowest BCUT2D eigenvalue weighted by molar-refractivity contribution is 0.0928. The fourth-order valence-corrected chi connectivity index (χ4v) is 3.43. The lowest BCUT2D eigenvalue weighted by atomic mass is 10.1. The predicted octanol–water partition coefficient (Wildman–Crippen LogP) is 3.45. The number of Topliss-reactive ketones (excluding diaryl/α,β-unsaturated/α-hetero) is 1. The molecule has 3 aromatic rings. The van der Waals surface area contributed by atoms with Crippen LogP contribution in [0, 0.1) is 11.6 Å². The van der Waals surface area contributed by atoms with E-state index in [0.717, 1.165) is 37.4 Å². The zero-order valence-electron chi connectivity index (χ0n) is 14.2. The van der Waals surface area contributed by atoms with Gasteiger partial charge in [-0.25, -0.2) is 8.78 Å². The molecular formula is C20H19F2N3O. The molecule has 2 aromatic carbocycles. The molecule has 1 fully saturated rings.